The molecule has 30 heavy (non-hydrogen) atoms. The van der Waals surface area contributed by atoms with Crippen molar-refractivity contribution in [3.05, 3.63) is 0 Å². The van der Waals surface area contributed by atoms with E-state index in [9.17, 15) is 0 Å². The summed E-state index contributed by atoms with van der Waals surface area (Å²) in [6.45, 7) is 2.38. The largest absolute Gasteiger partial charge is 1.00 e. The zero-order valence-electron chi connectivity index (χ0n) is 20.8. The normalized spacial score (nSPS) is 15.5. The van der Waals surface area contributed by atoms with Crippen LogP contribution in [-0.2, 0) is 4.74 Å². The molecule has 1 fully saturated rings. The van der Waals surface area contributed by atoms with Gasteiger partial charge in [0.1, 0.15) is 0 Å². The van der Waals surface area contributed by atoms with Gasteiger partial charge in [0, 0.05) is 0 Å². The van der Waals surface area contributed by atoms with Crippen molar-refractivity contribution < 1.29 is 33.6 Å². The topological polar surface area (TPSA) is 17.0 Å². The van der Waals surface area contributed by atoms with Gasteiger partial charge in [-0.2, -0.15) is 0 Å². The minimum absolute atomic E-state index is 0. The van der Waals surface area contributed by atoms with E-state index in [2.05, 4.69) is 14.1 Å². The standard InChI is InChI=1S/C27H55NO.HI/c1-28(2)25-23-21-19-17-15-13-11-9-7-5-3-4-6-8-10-12-14-16-18-20-22-24-27-26-29-27;/h27H,3-26H2,1-2H3;1H. The summed E-state index contributed by atoms with van der Waals surface area (Å²) in [6.07, 6.45) is 32.7. The summed E-state index contributed by atoms with van der Waals surface area (Å²) >= 11 is 0. The van der Waals surface area contributed by atoms with E-state index in [1.54, 1.807) is 4.90 Å². The molecule has 1 unspecified atom stereocenters. The highest BCUT2D eigenvalue weighted by Crippen LogP contribution is 2.18. The Bertz CT molecular complexity index is 298. The van der Waals surface area contributed by atoms with Crippen molar-refractivity contribution in [3.63, 3.8) is 0 Å². The van der Waals surface area contributed by atoms with Gasteiger partial charge in [-0.1, -0.05) is 122 Å². The van der Waals surface area contributed by atoms with Crippen LogP contribution in [-0.4, -0.2) is 33.4 Å². The summed E-state index contributed by atoms with van der Waals surface area (Å²) < 4.78 is 5.26. The predicted octanol–water partition coefficient (Wildman–Crippen LogP) is 4.12. The molecule has 1 rings (SSSR count). The maximum Gasteiger partial charge on any atom is 0.0810 e. The van der Waals surface area contributed by atoms with Gasteiger partial charge in [0.15, 0.2) is 0 Å². The van der Waals surface area contributed by atoms with Gasteiger partial charge in [-0.05, 0) is 19.3 Å². The third-order valence-corrected chi connectivity index (χ3v) is 6.61. The number of epoxide rings is 1. The highest BCUT2D eigenvalue weighted by molar-refractivity contribution is 4.68. The van der Waals surface area contributed by atoms with Gasteiger partial charge < -0.3 is 33.6 Å². The van der Waals surface area contributed by atoms with E-state index < -0.39 is 0 Å². The molecular weight excluding hydrogens is 481 g/mol. The average molecular weight is 538 g/mol. The average Bonchev–Trinajstić information content (AvgIpc) is 3.52. The number of hydrogen-bond donors (Lipinski definition) is 1. The zero-order chi connectivity index (χ0) is 20.8. The van der Waals surface area contributed by atoms with Gasteiger partial charge in [-0.25, -0.2) is 0 Å². The lowest BCUT2D eigenvalue weighted by atomic mass is 10.0. The Kier molecular flexibility index (Phi) is 24.8. The molecule has 182 valence electrons. The molecule has 0 amide bonds. The molecule has 3 heteroatoms. The van der Waals surface area contributed by atoms with Crippen molar-refractivity contribution in [1.82, 2.24) is 0 Å². The van der Waals surface area contributed by atoms with E-state index in [1.165, 1.54) is 148 Å². The van der Waals surface area contributed by atoms with Crippen molar-refractivity contribution in [2.45, 2.75) is 147 Å². The van der Waals surface area contributed by atoms with E-state index in [4.69, 9.17) is 4.74 Å². The summed E-state index contributed by atoms with van der Waals surface area (Å²) in [7, 11) is 4.52. The molecule has 1 aliphatic heterocycles. The number of rotatable bonds is 24. The predicted molar refractivity (Wildman–Crippen MR) is 129 cm³/mol. The Morgan fingerprint density at radius 3 is 1.03 bits per heavy atom. The number of unbranched alkanes of at least 4 members (excludes halogenated alkanes) is 20. The molecule has 1 N–H and O–H groups in total. The first-order chi connectivity index (χ1) is 14.3. The first kappa shape index (κ1) is 30.6. The van der Waals surface area contributed by atoms with Gasteiger partial charge in [-0.3, -0.25) is 0 Å². The number of hydrogen-bond acceptors (Lipinski definition) is 1. The fraction of sp³-hybridized carbons (Fsp3) is 1.00. The molecule has 0 aromatic heterocycles. The van der Waals surface area contributed by atoms with Crippen molar-refractivity contribution in [2.75, 3.05) is 27.2 Å². The van der Waals surface area contributed by atoms with Crippen molar-refractivity contribution in [2.24, 2.45) is 0 Å². The minimum Gasteiger partial charge on any atom is -1.00 e. The second-order valence-corrected chi connectivity index (χ2v) is 10.1. The molecule has 0 saturated carbocycles. The fourth-order valence-electron chi connectivity index (χ4n) is 4.44. The molecule has 0 aromatic carbocycles. The molecule has 0 spiro atoms. The van der Waals surface area contributed by atoms with Crippen LogP contribution in [0.2, 0.25) is 0 Å². The summed E-state index contributed by atoms with van der Waals surface area (Å²) in [6, 6.07) is 0. The monoisotopic (exact) mass is 537 g/mol. The first-order valence-electron chi connectivity index (χ1n) is 13.7. The quantitative estimate of drug-likeness (QED) is 0.111. The van der Waals surface area contributed by atoms with Gasteiger partial charge in [0.25, 0.3) is 0 Å². The van der Waals surface area contributed by atoms with Crippen LogP contribution >= 0.6 is 0 Å². The van der Waals surface area contributed by atoms with Crippen LogP contribution in [0, 0.1) is 0 Å². The van der Waals surface area contributed by atoms with Crippen LogP contribution in [0.1, 0.15) is 141 Å². The molecule has 2 nitrogen and oxygen atoms in total. The summed E-state index contributed by atoms with van der Waals surface area (Å²) in [4.78, 5) is 1.60. The van der Waals surface area contributed by atoms with Crippen LogP contribution in [0.15, 0.2) is 0 Å². The van der Waals surface area contributed by atoms with E-state index in [0.29, 0.717) is 6.10 Å². The lowest BCUT2D eigenvalue weighted by Crippen LogP contribution is -3.05. The van der Waals surface area contributed by atoms with E-state index in [1.807, 2.05) is 0 Å². The maximum atomic E-state index is 5.26. The third-order valence-electron chi connectivity index (χ3n) is 6.61. The molecule has 1 aliphatic rings. The second kappa shape index (κ2) is 24.3. The van der Waals surface area contributed by atoms with Crippen LogP contribution in [0.25, 0.3) is 0 Å². The number of quaternary nitrogens is 1. The Hall–Kier alpha value is 0.650. The summed E-state index contributed by atoms with van der Waals surface area (Å²) in [5, 5.41) is 0. The van der Waals surface area contributed by atoms with Crippen molar-refractivity contribution in [3.8, 4) is 0 Å². The maximum absolute atomic E-state index is 5.26. The van der Waals surface area contributed by atoms with E-state index in [-0.39, 0.29) is 24.0 Å². The van der Waals surface area contributed by atoms with Crippen molar-refractivity contribution >= 4 is 0 Å². The lowest BCUT2D eigenvalue weighted by molar-refractivity contribution is -0.858. The van der Waals surface area contributed by atoms with Gasteiger partial charge >= 0.3 is 0 Å². The van der Waals surface area contributed by atoms with Crippen LogP contribution in [0.3, 0.4) is 0 Å². The number of nitrogens with one attached hydrogen (secondary N) is 1. The fourth-order valence-corrected chi connectivity index (χ4v) is 4.44. The molecule has 1 atom stereocenters. The van der Waals surface area contributed by atoms with E-state index in [0.717, 1.165) is 6.61 Å². The Morgan fingerprint density at radius 1 is 0.500 bits per heavy atom. The molecule has 1 saturated heterocycles. The highest BCUT2D eigenvalue weighted by Gasteiger charge is 2.20. The van der Waals surface area contributed by atoms with Gasteiger partial charge in [0.2, 0.25) is 0 Å². The summed E-state index contributed by atoms with van der Waals surface area (Å²) in [5.74, 6) is 0. The smallest absolute Gasteiger partial charge is 0.0810 e. The molecule has 0 aliphatic carbocycles. The SMILES string of the molecule is C[NH+](C)CCCCCCCCCCCCCCCCCCCCCCCC1CO1.[I-]. The zero-order valence-corrected chi connectivity index (χ0v) is 23.0. The lowest BCUT2D eigenvalue weighted by Gasteiger charge is -2.06. The minimum atomic E-state index is 0. The third kappa shape index (κ3) is 24.9. The molecule has 0 radical (unpaired) electrons. The summed E-state index contributed by atoms with van der Waals surface area (Å²) in [5.41, 5.74) is 0. The Labute approximate surface area is 207 Å². The molecular formula is C27H56INO. The molecule has 1 heterocycles. The Balaban J connectivity index is 0.00000841. The number of ether oxygens (including phenoxy) is 1. The molecule has 0 bridgehead atoms. The van der Waals surface area contributed by atoms with Gasteiger partial charge in [-0.15, -0.1) is 0 Å². The Morgan fingerprint density at radius 2 is 0.767 bits per heavy atom. The molecule has 0 aromatic rings. The van der Waals surface area contributed by atoms with E-state index >= 15 is 0 Å². The number of halogens is 1. The van der Waals surface area contributed by atoms with Crippen LogP contribution in [0.4, 0.5) is 0 Å². The second-order valence-electron chi connectivity index (χ2n) is 10.1. The van der Waals surface area contributed by atoms with Gasteiger partial charge in [0.05, 0.1) is 33.4 Å². The van der Waals surface area contributed by atoms with Crippen molar-refractivity contribution in [1.29, 1.82) is 0 Å². The van der Waals surface area contributed by atoms with Crippen LogP contribution < -0.4 is 28.9 Å². The first-order valence-corrected chi connectivity index (χ1v) is 13.7. The van der Waals surface area contributed by atoms with Crippen LogP contribution in [0.5, 0.6) is 0 Å². The highest BCUT2D eigenvalue weighted by atomic mass is 127.